The molecule has 1 aliphatic heterocycles. The highest BCUT2D eigenvalue weighted by molar-refractivity contribution is 14.0. The van der Waals surface area contributed by atoms with E-state index in [9.17, 15) is 13.2 Å². The molecule has 1 saturated carbocycles. The minimum absolute atomic E-state index is 0. The van der Waals surface area contributed by atoms with E-state index in [2.05, 4.69) is 15.6 Å². The van der Waals surface area contributed by atoms with Gasteiger partial charge < -0.3 is 20.1 Å². The molecule has 3 rings (SSSR count). The number of nitrogens with zero attached hydrogens (tertiary/aromatic N) is 1. The fraction of sp³-hybridized carbons (Fsp3) is 0.650. The molecule has 0 amide bonds. The summed E-state index contributed by atoms with van der Waals surface area (Å²) in [7, 11) is 3.24. The number of hydrogen-bond donors (Lipinski definition) is 2. The van der Waals surface area contributed by atoms with Gasteiger partial charge in [-0.1, -0.05) is 6.42 Å². The van der Waals surface area contributed by atoms with Crippen LogP contribution in [0.4, 0.5) is 13.2 Å². The van der Waals surface area contributed by atoms with E-state index in [0.717, 1.165) is 29.0 Å². The molecular weight excluding hydrogens is 498 g/mol. The number of benzene rings is 1. The van der Waals surface area contributed by atoms with Gasteiger partial charge in [-0.25, -0.2) is 0 Å². The third-order valence-electron chi connectivity index (χ3n) is 5.45. The molecular formula is C20H29F3IN3O2. The molecule has 1 aromatic carbocycles. The van der Waals surface area contributed by atoms with Crippen LogP contribution < -0.4 is 20.1 Å². The van der Waals surface area contributed by atoms with Gasteiger partial charge >= 0.3 is 6.18 Å². The summed E-state index contributed by atoms with van der Waals surface area (Å²) >= 11 is 0. The minimum atomic E-state index is -4.13. The second-order valence-corrected chi connectivity index (χ2v) is 7.58. The summed E-state index contributed by atoms with van der Waals surface area (Å²) in [4.78, 5) is 4.17. The molecule has 5 nitrogen and oxygen atoms in total. The maximum atomic E-state index is 13.0. The number of aliphatic imine (C=N–C) groups is 1. The summed E-state index contributed by atoms with van der Waals surface area (Å²) < 4.78 is 50.4. The Kier molecular flexibility index (Phi) is 8.30. The lowest BCUT2D eigenvalue weighted by Gasteiger charge is -2.32. The molecule has 1 fully saturated rings. The predicted molar refractivity (Wildman–Crippen MR) is 117 cm³/mol. The van der Waals surface area contributed by atoms with Crippen molar-refractivity contribution in [1.82, 2.24) is 10.6 Å². The Balaban J connectivity index is 0.00000300. The van der Waals surface area contributed by atoms with E-state index < -0.39 is 12.1 Å². The highest BCUT2D eigenvalue weighted by atomic mass is 127. The van der Waals surface area contributed by atoms with Gasteiger partial charge in [0.1, 0.15) is 17.6 Å². The molecule has 0 spiro atoms. The molecule has 164 valence electrons. The van der Waals surface area contributed by atoms with E-state index in [1.807, 2.05) is 19.1 Å². The molecule has 29 heavy (non-hydrogen) atoms. The van der Waals surface area contributed by atoms with Gasteiger partial charge in [0, 0.05) is 37.2 Å². The van der Waals surface area contributed by atoms with Crippen LogP contribution in [0.2, 0.25) is 0 Å². The van der Waals surface area contributed by atoms with Gasteiger partial charge in [0.2, 0.25) is 0 Å². The molecule has 2 aliphatic rings. The highest BCUT2D eigenvalue weighted by Crippen LogP contribution is 2.37. The lowest BCUT2D eigenvalue weighted by Crippen LogP contribution is -2.46. The Hall–Kier alpha value is -1.39. The molecule has 3 unspecified atom stereocenters. The third-order valence-corrected chi connectivity index (χ3v) is 5.45. The molecule has 2 N–H and O–H groups in total. The monoisotopic (exact) mass is 527 g/mol. The number of hydrogen-bond acceptors (Lipinski definition) is 3. The van der Waals surface area contributed by atoms with Crippen LogP contribution in [0.15, 0.2) is 17.1 Å². The van der Waals surface area contributed by atoms with Crippen molar-refractivity contribution in [2.45, 2.75) is 63.9 Å². The van der Waals surface area contributed by atoms with E-state index in [0.29, 0.717) is 25.3 Å². The van der Waals surface area contributed by atoms with E-state index in [-0.39, 0.29) is 49.0 Å². The number of nitrogens with one attached hydrogen (secondary N) is 2. The third kappa shape index (κ3) is 6.05. The topological polar surface area (TPSA) is 54.9 Å². The van der Waals surface area contributed by atoms with E-state index in [1.165, 1.54) is 0 Å². The zero-order chi connectivity index (χ0) is 20.3. The van der Waals surface area contributed by atoms with Crippen molar-refractivity contribution >= 4 is 29.9 Å². The number of halogens is 4. The zero-order valence-corrected chi connectivity index (χ0v) is 19.3. The van der Waals surface area contributed by atoms with Gasteiger partial charge in [-0.15, -0.1) is 24.0 Å². The Morgan fingerprint density at radius 1 is 1.31 bits per heavy atom. The van der Waals surface area contributed by atoms with Gasteiger partial charge in [0.25, 0.3) is 0 Å². The van der Waals surface area contributed by atoms with Crippen molar-refractivity contribution in [2.24, 2.45) is 10.9 Å². The number of fused-ring (bicyclic) bond motifs is 1. The normalized spacial score (nSPS) is 24.2. The van der Waals surface area contributed by atoms with Crippen LogP contribution in [0.25, 0.3) is 0 Å². The first-order chi connectivity index (χ1) is 13.3. The summed E-state index contributed by atoms with van der Waals surface area (Å²) in [6.07, 6.45) is -1.58. The minimum Gasteiger partial charge on any atom is -0.496 e. The molecule has 0 saturated heterocycles. The fourth-order valence-corrected chi connectivity index (χ4v) is 3.99. The summed E-state index contributed by atoms with van der Waals surface area (Å²) in [6, 6.07) is 3.71. The molecule has 0 aromatic heterocycles. The largest absolute Gasteiger partial charge is 0.496 e. The van der Waals surface area contributed by atoms with Crippen molar-refractivity contribution in [3.8, 4) is 11.5 Å². The maximum absolute atomic E-state index is 13.0. The second kappa shape index (κ2) is 10.1. The number of methoxy groups -OCH3 is 1. The highest BCUT2D eigenvalue weighted by Gasteiger charge is 2.42. The lowest BCUT2D eigenvalue weighted by atomic mass is 9.85. The lowest BCUT2D eigenvalue weighted by molar-refractivity contribution is -0.183. The van der Waals surface area contributed by atoms with Gasteiger partial charge in [-0.2, -0.15) is 13.2 Å². The van der Waals surface area contributed by atoms with E-state index in [4.69, 9.17) is 9.47 Å². The molecule has 1 aromatic rings. The average Bonchev–Trinajstić information content (AvgIpc) is 3.02. The molecule has 1 heterocycles. The van der Waals surface area contributed by atoms with Gasteiger partial charge in [0.05, 0.1) is 13.0 Å². The first-order valence-corrected chi connectivity index (χ1v) is 9.70. The average molecular weight is 527 g/mol. The summed E-state index contributed by atoms with van der Waals surface area (Å²) in [5, 5.41) is 6.33. The van der Waals surface area contributed by atoms with Crippen LogP contribution in [0, 0.1) is 5.92 Å². The van der Waals surface area contributed by atoms with Gasteiger partial charge in [0.15, 0.2) is 5.96 Å². The molecule has 1 aliphatic carbocycles. The van der Waals surface area contributed by atoms with Gasteiger partial charge in [-0.3, -0.25) is 4.99 Å². The maximum Gasteiger partial charge on any atom is 0.391 e. The van der Waals surface area contributed by atoms with Crippen molar-refractivity contribution < 1.29 is 22.6 Å². The van der Waals surface area contributed by atoms with Crippen LogP contribution in [0.1, 0.15) is 43.7 Å². The molecule has 3 atom stereocenters. The first kappa shape index (κ1) is 23.9. The SMILES string of the molecule is CN=C(NCc1cc2c(cc1OC)CC(C)O2)NC1CCCC(C(F)(F)F)C1.I. The number of guanidine groups is 1. The standard InChI is InChI=1S/C20H28F3N3O2.HI/c1-12-7-13-8-17(27-3)14(9-18(13)28-12)11-25-19(24-2)26-16-6-4-5-15(10-16)20(21,22)23;/h8-9,12,15-16H,4-7,10-11H2,1-3H3,(H2,24,25,26);1H. The second-order valence-electron chi connectivity index (χ2n) is 7.58. The zero-order valence-electron chi connectivity index (χ0n) is 16.9. The van der Waals surface area contributed by atoms with Crippen LogP contribution in [-0.4, -0.2) is 38.4 Å². The van der Waals surface area contributed by atoms with Crippen molar-refractivity contribution in [3.05, 3.63) is 23.3 Å². The molecule has 0 radical (unpaired) electrons. The fourth-order valence-electron chi connectivity index (χ4n) is 3.99. The first-order valence-electron chi connectivity index (χ1n) is 9.70. The number of alkyl halides is 3. The van der Waals surface area contributed by atoms with E-state index in [1.54, 1.807) is 14.2 Å². The molecule has 0 bridgehead atoms. The number of ether oxygens (including phenoxy) is 2. The summed E-state index contributed by atoms with van der Waals surface area (Å²) in [5.74, 6) is 0.861. The Morgan fingerprint density at radius 3 is 2.72 bits per heavy atom. The predicted octanol–water partition coefficient (Wildman–Crippen LogP) is 4.42. The summed E-state index contributed by atoms with van der Waals surface area (Å²) in [6.45, 7) is 2.46. The molecule has 9 heteroatoms. The van der Waals surface area contributed by atoms with Crippen molar-refractivity contribution in [1.29, 1.82) is 0 Å². The Labute approximate surface area is 186 Å². The Morgan fingerprint density at radius 2 is 2.07 bits per heavy atom. The van der Waals surface area contributed by atoms with Crippen molar-refractivity contribution in [2.75, 3.05) is 14.2 Å². The van der Waals surface area contributed by atoms with Crippen LogP contribution in [0.3, 0.4) is 0 Å². The quantitative estimate of drug-likeness (QED) is 0.346. The van der Waals surface area contributed by atoms with E-state index >= 15 is 0 Å². The van der Waals surface area contributed by atoms with Gasteiger partial charge in [-0.05, 0) is 38.3 Å². The van der Waals surface area contributed by atoms with Crippen LogP contribution in [0.5, 0.6) is 11.5 Å². The Bertz CT molecular complexity index is 728. The smallest absolute Gasteiger partial charge is 0.391 e. The van der Waals surface area contributed by atoms with Crippen molar-refractivity contribution in [3.63, 3.8) is 0 Å². The number of rotatable bonds is 4. The summed E-state index contributed by atoms with van der Waals surface area (Å²) in [5.41, 5.74) is 2.03. The van der Waals surface area contributed by atoms with Crippen LogP contribution in [-0.2, 0) is 13.0 Å². The van der Waals surface area contributed by atoms with Crippen LogP contribution >= 0.6 is 24.0 Å².